The average molecular weight is 560 g/mol. The van der Waals surface area contributed by atoms with Crippen molar-refractivity contribution in [2.75, 3.05) is 6.54 Å². The van der Waals surface area contributed by atoms with Gasteiger partial charge in [-0.2, -0.15) is 13.2 Å². The Morgan fingerprint density at radius 2 is 1.70 bits per heavy atom. The number of rotatable bonds is 13. The van der Waals surface area contributed by atoms with E-state index in [4.69, 9.17) is 9.84 Å². The monoisotopic (exact) mass is 559 g/mol. The molecule has 214 valence electrons. The number of benzene rings is 3. The zero-order valence-electron chi connectivity index (χ0n) is 22.5. The number of halogens is 4. The quantitative estimate of drug-likeness (QED) is 0.164. The van der Waals surface area contributed by atoms with Gasteiger partial charge in [-0.05, 0) is 72.4 Å². The van der Waals surface area contributed by atoms with Crippen molar-refractivity contribution in [3.8, 4) is 16.9 Å². The van der Waals surface area contributed by atoms with E-state index in [2.05, 4.69) is 12.2 Å². The van der Waals surface area contributed by atoms with Gasteiger partial charge in [0.05, 0.1) is 12.0 Å². The topological polar surface area (TPSA) is 75.6 Å². The van der Waals surface area contributed by atoms with Gasteiger partial charge in [-0.3, -0.25) is 9.59 Å². The van der Waals surface area contributed by atoms with Gasteiger partial charge in [-0.15, -0.1) is 0 Å². The molecule has 0 heterocycles. The smallest absolute Gasteiger partial charge is 0.416 e. The number of amides is 1. The number of aliphatic carboxylic acids is 1. The highest BCUT2D eigenvalue weighted by Gasteiger charge is 2.30. The second kappa shape index (κ2) is 14.0. The number of alkyl halides is 3. The highest BCUT2D eigenvalue weighted by atomic mass is 19.4. The van der Waals surface area contributed by atoms with Gasteiger partial charge in [-0.25, -0.2) is 4.39 Å². The Morgan fingerprint density at radius 1 is 0.975 bits per heavy atom. The highest BCUT2D eigenvalue weighted by molar-refractivity contribution is 5.94. The zero-order valence-corrected chi connectivity index (χ0v) is 22.5. The number of hydrogen-bond donors (Lipinski definition) is 2. The summed E-state index contributed by atoms with van der Waals surface area (Å²) in [6, 6.07) is 14.4. The van der Waals surface area contributed by atoms with E-state index in [9.17, 15) is 27.2 Å². The largest absolute Gasteiger partial charge is 0.483 e. The van der Waals surface area contributed by atoms with Gasteiger partial charge < -0.3 is 15.2 Å². The van der Waals surface area contributed by atoms with Crippen LogP contribution in [-0.4, -0.2) is 23.5 Å². The van der Waals surface area contributed by atoms with Crippen molar-refractivity contribution in [3.63, 3.8) is 0 Å². The summed E-state index contributed by atoms with van der Waals surface area (Å²) in [5.74, 6) is -2.38. The molecule has 0 spiro atoms. The Labute approximate surface area is 231 Å². The molecule has 1 unspecified atom stereocenters. The van der Waals surface area contributed by atoms with Crippen molar-refractivity contribution in [3.05, 3.63) is 88.7 Å². The van der Waals surface area contributed by atoms with Crippen LogP contribution in [0.5, 0.6) is 5.75 Å². The van der Waals surface area contributed by atoms with Gasteiger partial charge in [0.2, 0.25) is 0 Å². The Hall–Kier alpha value is -3.88. The fourth-order valence-corrected chi connectivity index (χ4v) is 4.38. The SMILES string of the molecule is CCCCCCC(Oc1ccc(C(=O)NCCC(=O)O)cc1F)c1ccc(-c2ccc(C(F)(F)F)cc2)c(C)c1. The summed E-state index contributed by atoms with van der Waals surface area (Å²) in [6.45, 7) is 3.89. The van der Waals surface area contributed by atoms with E-state index in [1.807, 2.05) is 25.1 Å². The van der Waals surface area contributed by atoms with E-state index in [0.29, 0.717) is 12.0 Å². The van der Waals surface area contributed by atoms with Crippen LogP contribution in [-0.2, 0) is 11.0 Å². The number of carbonyl (C=O) groups excluding carboxylic acids is 1. The highest BCUT2D eigenvalue weighted by Crippen LogP contribution is 2.34. The fourth-order valence-electron chi connectivity index (χ4n) is 4.38. The minimum Gasteiger partial charge on any atom is -0.483 e. The molecule has 0 fully saturated rings. The molecule has 0 aromatic heterocycles. The van der Waals surface area contributed by atoms with Gasteiger partial charge in [0.25, 0.3) is 5.91 Å². The van der Waals surface area contributed by atoms with Crippen LogP contribution >= 0.6 is 0 Å². The number of carboxylic acid groups (broad SMARTS) is 1. The van der Waals surface area contributed by atoms with Gasteiger partial charge in [0.15, 0.2) is 11.6 Å². The second-order valence-corrected chi connectivity index (χ2v) is 9.65. The van der Waals surface area contributed by atoms with Crippen LogP contribution in [0.15, 0.2) is 60.7 Å². The molecule has 0 bridgehead atoms. The predicted octanol–water partition coefficient (Wildman–Crippen LogP) is 8.11. The standard InChI is InChI=1S/C31H33F4NO4/c1-3-4-5-6-7-27(40-28-15-11-23(19-26(28)32)30(39)36-17-16-29(37)38)22-10-14-25(20(2)18-22)21-8-12-24(13-9-21)31(33,34)35/h8-15,18-19,27H,3-7,16-17H2,1-2H3,(H,36,39)(H,37,38). The molecule has 0 aliphatic carbocycles. The molecule has 1 atom stereocenters. The number of ether oxygens (including phenoxy) is 1. The number of hydrogen-bond acceptors (Lipinski definition) is 3. The van der Waals surface area contributed by atoms with Gasteiger partial charge in [-0.1, -0.05) is 56.5 Å². The first-order valence-corrected chi connectivity index (χ1v) is 13.2. The molecule has 1 amide bonds. The number of nitrogens with one attached hydrogen (secondary N) is 1. The minimum absolute atomic E-state index is 0.0213. The Morgan fingerprint density at radius 3 is 2.30 bits per heavy atom. The van der Waals surface area contributed by atoms with E-state index < -0.39 is 35.5 Å². The molecule has 9 heteroatoms. The molecule has 40 heavy (non-hydrogen) atoms. The maximum atomic E-state index is 15.0. The van der Waals surface area contributed by atoms with Crippen molar-refractivity contribution in [1.82, 2.24) is 5.32 Å². The third-order valence-electron chi connectivity index (χ3n) is 6.55. The molecular weight excluding hydrogens is 526 g/mol. The summed E-state index contributed by atoms with van der Waals surface area (Å²) in [5, 5.41) is 11.1. The second-order valence-electron chi connectivity index (χ2n) is 9.65. The molecule has 0 aliphatic heterocycles. The van der Waals surface area contributed by atoms with Gasteiger partial charge >= 0.3 is 12.1 Å². The van der Waals surface area contributed by atoms with Gasteiger partial charge in [0, 0.05) is 12.1 Å². The average Bonchev–Trinajstić information content (AvgIpc) is 2.90. The number of unbranched alkanes of at least 4 members (excludes halogenated alkanes) is 3. The Balaban J connectivity index is 1.81. The summed E-state index contributed by atoms with van der Waals surface area (Å²) in [7, 11) is 0. The Bertz CT molecular complexity index is 1310. The van der Waals surface area contributed by atoms with Crippen LogP contribution in [0, 0.1) is 12.7 Å². The predicted molar refractivity (Wildman–Crippen MR) is 145 cm³/mol. The van der Waals surface area contributed by atoms with Crippen LogP contribution < -0.4 is 10.1 Å². The number of carbonyl (C=O) groups is 2. The first kappa shape index (κ1) is 30.7. The number of aryl methyl sites for hydroxylation is 1. The van der Waals surface area contributed by atoms with Crippen molar-refractivity contribution in [2.45, 2.75) is 64.7 Å². The lowest BCUT2D eigenvalue weighted by atomic mass is 9.94. The fraction of sp³-hybridized carbons (Fsp3) is 0.355. The van der Waals surface area contributed by atoms with Crippen LogP contribution in [0.25, 0.3) is 11.1 Å². The molecule has 5 nitrogen and oxygen atoms in total. The lowest BCUT2D eigenvalue weighted by molar-refractivity contribution is -0.138. The summed E-state index contributed by atoms with van der Waals surface area (Å²) in [5.41, 5.74) is 2.42. The van der Waals surface area contributed by atoms with Crippen molar-refractivity contribution in [2.24, 2.45) is 0 Å². The summed E-state index contributed by atoms with van der Waals surface area (Å²) < 4.78 is 60.0. The molecule has 0 radical (unpaired) electrons. The van der Waals surface area contributed by atoms with Gasteiger partial charge in [0.1, 0.15) is 6.10 Å². The maximum Gasteiger partial charge on any atom is 0.416 e. The van der Waals surface area contributed by atoms with E-state index in [1.54, 1.807) is 0 Å². The van der Waals surface area contributed by atoms with E-state index in [0.717, 1.165) is 60.6 Å². The normalized spacial score (nSPS) is 12.2. The minimum atomic E-state index is -4.41. The number of carboxylic acids is 1. The molecule has 2 N–H and O–H groups in total. The molecule has 3 rings (SSSR count). The summed E-state index contributed by atoms with van der Waals surface area (Å²) in [6.07, 6.45) is -0.572. The van der Waals surface area contributed by atoms with E-state index in [-0.39, 0.29) is 24.3 Å². The summed E-state index contributed by atoms with van der Waals surface area (Å²) in [4.78, 5) is 22.9. The molecule has 0 aliphatic rings. The third kappa shape index (κ3) is 8.56. The molecule has 0 saturated carbocycles. The van der Waals surface area contributed by atoms with Crippen LogP contribution in [0.1, 0.15) is 78.6 Å². The Kier molecular flexibility index (Phi) is 10.7. The first-order valence-electron chi connectivity index (χ1n) is 13.2. The van der Waals surface area contributed by atoms with Crippen molar-refractivity contribution in [1.29, 1.82) is 0 Å². The summed E-state index contributed by atoms with van der Waals surface area (Å²) >= 11 is 0. The van der Waals surface area contributed by atoms with Crippen LogP contribution in [0.2, 0.25) is 0 Å². The molecule has 0 saturated heterocycles. The lowest BCUT2D eigenvalue weighted by Crippen LogP contribution is -2.26. The third-order valence-corrected chi connectivity index (χ3v) is 6.55. The first-order chi connectivity index (χ1) is 19.0. The van der Waals surface area contributed by atoms with E-state index >= 15 is 0 Å². The maximum absolute atomic E-state index is 15.0. The van der Waals surface area contributed by atoms with Crippen molar-refractivity contribution < 1.29 is 37.0 Å². The lowest BCUT2D eigenvalue weighted by Gasteiger charge is -2.22. The van der Waals surface area contributed by atoms with Crippen molar-refractivity contribution >= 4 is 11.9 Å². The molecule has 3 aromatic carbocycles. The molecule has 3 aromatic rings. The molecular formula is C31H33F4NO4. The van der Waals surface area contributed by atoms with Crippen LogP contribution in [0.3, 0.4) is 0 Å². The van der Waals surface area contributed by atoms with E-state index in [1.165, 1.54) is 24.3 Å². The van der Waals surface area contributed by atoms with Crippen LogP contribution in [0.4, 0.5) is 17.6 Å². The zero-order chi connectivity index (χ0) is 29.3.